The first-order chi connectivity index (χ1) is 13.5. The number of hydrogen-bond acceptors (Lipinski definition) is 4. The first-order valence-corrected chi connectivity index (χ1v) is 10.4. The van der Waals surface area contributed by atoms with Crippen LogP contribution in [0.4, 0.5) is 5.69 Å². The predicted octanol–water partition coefficient (Wildman–Crippen LogP) is 3.06. The first kappa shape index (κ1) is 18.2. The molecular formula is C21H19N3O3S. The van der Waals surface area contributed by atoms with E-state index in [1.165, 1.54) is 11.8 Å². The second kappa shape index (κ2) is 7.09. The molecule has 7 heteroatoms. The summed E-state index contributed by atoms with van der Waals surface area (Å²) in [5.74, 6) is -0.505. The fourth-order valence-corrected chi connectivity index (χ4v) is 4.98. The minimum Gasteiger partial charge on any atom is -0.271 e. The van der Waals surface area contributed by atoms with Crippen molar-refractivity contribution in [2.24, 2.45) is 5.10 Å². The summed E-state index contributed by atoms with van der Waals surface area (Å²) in [6, 6.07) is 18.3. The Labute approximate surface area is 163 Å². The zero-order chi connectivity index (χ0) is 19.7. The van der Waals surface area contributed by atoms with Crippen molar-refractivity contribution in [1.82, 2.24) is 5.43 Å². The van der Waals surface area contributed by atoms with Gasteiger partial charge in [0.25, 0.3) is 15.9 Å². The zero-order valence-electron chi connectivity index (χ0n) is 15.3. The Morgan fingerprint density at radius 2 is 1.79 bits per heavy atom. The lowest BCUT2D eigenvalue weighted by molar-refractivity contribution is -0.119. The Hall–Kier alpha value is -3.19. The van der Waals surface area contributed by atoms with E-state index in [0.717, 1.165) is 21.7 Å². The number of amides is 1. The van der Waals surface area contributed by atoms with Gasteiger partial charge in [-0.2, -0.15) is 5.10 Å². The summed E-state index contributed by atoms with van der Waals surface area (Å²) in [5.41, 5.74) is 4.99. The predicted molar refractivity (Wildman–Crippen MR) is 110 cm³/mol. The molecule has 0 fully saturated rings. The molecular weight excluding hydrogens is 374 g/mol. The SMILES string of the molecule is CCc1ccc(/C=N\NC(=O)CN2c3cccc4cccc(c34)S2(=O)=O)cc1. The Kier molecular flexibility index (Phi) is 4.60. The number of benzene rings is 3. The Bertz CT molecular complexity index is 1180. The van der Waals surface area contributed by atoms with Crippen molar-refractivity contribution in [2.75, 3.05) is 10.8 Å². The average molecular weight is 393 g/mol. The van der Waals surface area contributed by atoms with Gasteiger partial charge in [0, 0.05) is 5.39 Å². The Morgan fingerprint density at radius 1 is 1.07 bits per heavy atom. The van der Waals surface area contributed by atoms with Crippen LogP contribution in [0.1, 0.15) is 18.1 Å². The van der Waals surface area contributed by atoms with Crippen LogP contribution in [0.15, 0.2) is 70.7 Å². The molecule has 1 aliphatic rings. The van der Waals surface area contributed by atoms with E-state index in [-0.39, 0.29) is 11.4 Å². The van der Waals surface area contributed by atoms with Crippen molar-refractivity contribution >= 4 is 38.6 Å². The lowest BCUT2D eigenvalue weighted by Crippen LogP contribution is -2.37. The minimum atomic E-state index is -3.76. The third kappa shape index (κ3) is 3.14. The molecule has 0 saturated carbocycles. The van der Waals surface area contributed by atoms with Crippen LogP contribution in [0, 0.1) is 0 Å². The van der Waals surface area contributed by atoms with E-state index >= 15 is 0 Å². The standard InChI is InChI=1S/C21H19N3O3S/c1-2-15-9-11-16(12-10-15)13-22-23-20(25)14-24-18-7-3-5-17-6-4-8-19(21(17)18)28(24,26)27/h3-13H,2,14H2,1H3,(H,23,25)/b22-13-. The third-order valence-electron chi connectivity index (χ3n) is 4.76. The van der Waals surface area contributed by atoms with E-state index in [1.807, 2.05) is 36.4 Å². The van der Waals surface area contributed by atoms with Gasteiger partial charge in [0.15, 0.2) is 0 Å². The van der Waals surface area contributed by atoms with Gasteiger partial charge in [-0.05, 0) is 35.1 Å². The molecule has 0 aromatic heterocycles. The van der Waals surface area contributed by atoms with Gasteiger partial charge in [0.1, 0.15) is 6.54 Å². The molecule has 0 unspecified atom stereocenters. The van der Waals surface area contributed by atoms with E-state index in [2.05, 4.69) is 17.5 Å². The summed E-state index contributed by atoms with van der Waals surface area (Å²) in [6.45, 7) is 1.75. The highest BCUT2D eigenvalue weighted by atomic mass is 32.2. The Morgan fingerprint density at radius 3 is 2.50 bits per heavy atom. The van der Waals surface area contributed by atoms with Crippen LogP contribution in [-0.4, -0.2) is 27.1 Å². The largest absolute Gasteiger partial charge is 0.271 e. The summed E-state index contributed by atoms with van der Waals surface area (Å²) < 4.78 is 26.9. The first-order valence-electron chi connectivity index (χ1n) is 8.96. The summed E-state index contributed by atoms with van der Waals surface area (Å²) in [7, 11) is -3.76. The minimum absolute atomic E-state index is 0.230. The smallest absolute Gasteiger partial charge is 0.265 e. The number of hydrazone groups is 1. The van der Waals surface area contributed by atoms with Gasteiger partial charge in [-0.3, -0.25) is 9.10 Å². The molecule has 142 valence electrons. The fraction of sp³-hybridized carbons (Fsp3) is 0.143. The van der Waals surface area contributed by atoms with Crippen LogP contribution in [0.5, 0.6) is 0 Å². The molecule has 1 N–H and O–H groups in total. The molecule has 1 aliphatic heterocycles. The van der Waals surface area contributed by atoms with Crippen molar-refractivity contribution in [3.63, 3.8) is 0 Å². The van der Waals surface area contributed by atoms with E-state index in [0.29, 0.717) is 11.1 Å². The van der Waals surface area contributed by atoms with Crippen LogP contribution in [-0.2, 0) is 21.2 Å². The summed E-state index contributed by atoms with van der Waals surface area (Å²) in [5, 5.41) is 5.42. The van der Waals surface area contributed by atoms with Gasteiger partial charge < -0.3 is 0 Å². The fourth-order valence-electron chi connectivity index (χ4n) is 3.31. The second-order valence-electron chi connectivity index (χ2n) is 6.53. The molecule has 0 atom stereocenters. The highest BCUT2D eigenvalue weighted by Crippen LogP contribution is 2.41. The van der Waals surface area contributed by atoms with Gasteiger partial charge in [-0.15, -0.1) is 0 Å². The van der Waals surface area contributed by atoms with Crippen LogP contribution in [0.3, 0.4) is 0 Å². The number of aryl methyl sites for hydroxylation is 1. The molecule has 4 rings (SSSR count). The number of rotatable bonds is 5. The van der Waals surface area contributed by atoms with E-state index in [1.54, 1.807) is 24.3 Å². The molecule has 0 aliphatic carbocycles. The van der Waals surface area contributed by atoms with E-state index in [9.17, 15) is 13.2 Å². The molecule has 28 heavy (non-hydrogen) atoms. The lowest BCUT2D eigenvalue weighted by Gasteiger charge is -2.17. The van der Waals surface area contributed by atoms with E-state index in [4.69, 9.17) is 0 Å². The maximum atomic E-state index is 12.9. The van der Waals surface area contributed by atoms with Crippen LogP contribution in [0.25, 0.3) is 10.8 Å². The van der Waals surface area contributed by atoms with Crippen LogP contribution >= 0.6 is 0 Å². The van der Waals surface area contributed by atoms with Gasteiger partial charge >= 0.3 is 0 Å². The highest BCUT2D eigenvalue weighted by Gasteiger charge is 2.36. The number of nitrogens with one attached hydrogen (secondary N) is 1. The quantitative estimate of drug-likeness (QED) is 0.534. The molecule has 0 bridgehead atoms. The number of sulfonamides is 1. The molecule has 0 radical (unpaired) electrons. The van der Waals surface area contributed by atoms with E-state index < -0.39 is 15.9 Å². The van der Waals surface area contributed by atoms with Crippen LogP contribution < -0.4 is 9.73 Å². The summed E-state index contributed by atoms with van der Waals surface area (Å²) in [4.78, 5) is 12.5. The molecule has 1 amide bonds. The molecule has 3 aromatic rings. The maximum Gasteiger partial charge on any atom is 0.265 e. The lowest BCUT2D eigenvalue weighted by atomic mass is 10.1. The highest BCUT2D eigenvalue weighted by molar-refractivity contribution is 7.93. The summed E-state index contributed by atoms with van der Waals surface area (Å²) in [6.07, 6.45) is 2.49. The number of hydrogen-bond donors (Lipinski definition) is 1. The van der Waals surface area contributed by atoms with Crippen molar-refractivity contribution in [2.45, 2.75) is 18.2 Å². The topological polar surface area (TPSA) is 78.8 Å². The molecule has 0 saturated heterocycles. The average Bonchev–Trinajstić information content (AvgIpc) is 2.92. The maximum absolute atomic E-state index is 12.9. The number of nitrogens with zero attached hydrogens (tertiary/aromatic N) is 2. The Balaban J connectivity index is 1.50. The number of carbonyl (C=O) groups excluding carboxylic acids is 1. The summed E-state index contributed by atoms with van der Waals surface area (Å²) >= 11 is 0. The van der Waals surface area contributed by atoms with Crippen molar-refractivity contribution < 1.29 is 13.2 Å². The third-order valence-corrected chi connectivity index (χ3v) is 6.56. The number of carbonyl (C=O) groups is 1. The number of anilines is 1. The normalized spacial score (nSPS) is 14.7. The van der Waals surface area contributed by atoms with Crippen LogP contribution in [0.2, 0.25) is 0 Å². The van der Waals surface area contributed by atoms with Gasteiger partial charge in [-0.25, -0.2) is 13.8 Å². The molecule has 6 nitrogen and oxygen atoms in total. The van der Waals surface area contributed by atoms with Crippen molar-refractivity contribution in [1.29, 1.82) is 0 Å². The second-order valence-corrected chi connectivity index (χ2v) is 8.36. The molecule has 1 heterocycles. The monoisotopic (exact) mass is 393 g/mol. The zero-order valence-corrected chi connectivity index (χ0v) is 16.1. The van der Waals surface area contributed by atoms with Gasteiger partial charge in [0.05, 0.1) is 16.8 Å². The molecule has 0 spiro atoms. The molecule has 3 aromatic carbocycles. The van der Waals surface area contributed by atoms with Crippen molar-refractivity contribution in [3.05, 3.63) is 71.8 Å². The van der Waals surface area contributed by atoms with Gasteiger partial charge in [-0.1, -0.05) is 55.5 Å². The van der Waals surface area contributed by atoms with Crippen molar-refractivity contribution in [3.8, 4) is 0 Å². The van der Waals surface area contributed by atoms with Gasteiger partial charge in [0.2, 0.25) is 0 Å².